The Hall–Kier alpha value is -1.25. The van der Waals surface area contributed by atoms with Crippen LogP contribution in [-0.2, 0) is 0 Å². The largest absolute Gasteiger partial charge is 0.411 e. The molecule has 1 aromatic rings. The van der Waals surface area contributed by atoms with Crippen LogP contribution >= 0.6 is 0 Å². The summed E-state index contributed by atoms with van der Waals surface area (Å²) in [7, 11) is 0. The molecule has 0 amide bonds. The Balaban J connectivity index is 2.85. The molecular weight excluding hydrogens is 116 g/mol. The third-order valence-electron chi connectivity index (χ3n) is 1.05. The maximum Gasteiger partial charge on any atom is 0.0896 e. The smallest absolute Gasteiger partial charge is 0.0896 e. The van der Waals surface area contributed by atoms with Crippen molar-refractivity contribution in [3.63, 3.8) is 0 Å². The lowest BCUT2D eigenvalue weighted by molar-refractivity contribution is 0.321. The first-order chi connectivity index (χ1) is 4.33. The number of aromatic nitrogens is 1. The highest BCUT2D eigenvalue weighted by molar-refractivity contribution is 5.76. The average molecular weight is 124 g/mol. The topological polar surface area (TPSA) is 48.4 Å². The van der Waals surface area contributed by atoms with E-state index in [0.29, 0.717) is 0 Å². The predicted molar refractivity (Wildman–Crippen MR) is 34.9 cm³/mol. The van der Waals surface area contributed by atoms with Gasteiger partial charge in [0.05, 0.1) is 11.9 Å². The Kier molecular flexibility index (Phi) is 1.53. The van der Waals surface area contributed by atoms with Crippen LogP contribution in [0.15, 0.2) is 17.3 Å². The minimum absolute atomic E-state index is 0.815. The van der Waals surface area contributed by atoms with E-state index in [0.717, 1.165) is 11.4 Å². The summed E-state index contributed by atoms with van der Waals surface area (Å²) in [6.45, 7) is 1.94. The molecule has 48 valence electrons. The zero-order valence-electron chi connectivity index (χ0n) is 5.13. The fourth-order valence-electron chi connectivity index (χ4n) is 0.663. The van der Waals surface area contributed by atoms with Crippen molar-refractivity contribution >= 4 is 6.21 Å². The Morgan fingerprint density at radius 1 is 1.67 bits per heavy atom. The molecule has 1 rings (SSSR count). The molecule has 0 saturated carbocycles. The molecule has 1 aromatic heterocycles. The lowest BCUT2D eigenvalue weighted by Crippen LogP contribution is -1.78. The van der Waals surface area contributed by atoms with Crippen LogP contribution in [0.1, 0.15) is 11.4 Å². The number of aromatic amines is 1. The van der Waals surface area contributed by atoms with Crippen LogP contribution in [0.3, 0.4) is 0 Å². The van der Waals surface area contributed by atoms with Crippen molar-refractivity contribution in [3.8, 4) is 0 Å². The second-order valence-corrected chi connectivity index (χ2v) is 1.84. The molecule has 0 aliphatic rings. The van der Waals surface area contributed by atoms with E-state index >= 15 is 0 Å². The number of nitrogens with one attached hydrogen (secondary N) is 1. The molecule has 0 aromatic carbocycles. The van der Waals surface area contributed by atoms with Gasteiger partial charge in [-0.2, -0.15) is 0 Å². The summed E-state index contributed by atoms with van der Waals surface area (Å²) >= 11 is 0. The highest BCUT2D eigenvalue weighted by Gasteiger charge is 1.87. The van der Waals surface area contributed by atoms with Crippen LogP contribution in [0.2, 0.25) is 0 Å². The molecule has 9 heavy (non-hydrogen) atoms. The number of hydrogen-bond donors (Lipinski definition) is 2. The molecule has 3 nitrogen and oxygen atoms in total. The zero-order chi connectivity index (χ0) is 6.69. The van der Waals surface area contributed by atoms with E-state index in [4.69, 9.17) is 5.21 Å². The van der Waals surface area contributed by atoms with E-state index in [9.17, 15) is 0 Å². The van der Waals surface area contributed by atoms with Gasteiger partial charge in [0.2, 0.25) is 0 Å². The predicted octanol–water partition coefficient (Wildman–Crippen LogP) is 1.13. The monoisotopic (exact) mass is 124 g/mol. The number of H-pyrrole nitrogens is 1. The van der Waals surface area contributed by atoms with Gasteiger partial charge in [-0.1, -0.05) is 5.16 Å². The molecule has 1 heterocycles. The lowest BCUT2D eigenvalue weighted by Gasteiger charge is -1.80. The minimum atomic E-state index is 0.815. The van der Waals surface area contributed by atoms with Gasteiger partial charge >= 0.3 is 0 Å². The van der Waals surface area contributed by atoms with E-state index in [2.05, 4.69) is 10.1 Å². The van der Waals surface area contributed by atoms with E-state index in [1.807, 2.05) is 19.1 Å². The first-order valence-corrected chi connectivity index (χ1v) is 2.66. The number of oxime groups is 1. The summed E-state index contributed by atoms with van der Waals surface area (Å²) in [5, 5.41) is 10.9. The summed E-state index contributed by atoms with van der Waals surface area (Å²) < 4.78 is 0. The van der Waals surface area contributed by atoms with Gasteiger partial charge in [0, 0.05) is 5.69 Å². The van der Waals surface area contributed by atoms with Crippen LogP contribution in [0, 0.1) is 6.92 Å². The first kappa shape index (κ1) is 5.88. The fraction of sp³-hybridized carbons (Fsp3) is 0.167. The van der Waals surface area contributed by atoms with Gasteiger partial charge in [0.25, 0.3) is 0 Å². The number of rotatable bonds is 1. The second kappa shape index (κ2) is 2.35. The third-order valence-corrected chi connectivity index (χ3v) is 1.05. The van der Waals surface area contributed by atoms with E-state index in [1.54, 1.807) is 0 Å². The SMILES string of the molecule is Cc1ccc(/C=N/O)[nH]1. The maximum absolute atomic E-state index is 8.08. The summed E-state index contributed by atoms with van der Waals surface area (Å²) in [4.78, 5) is 2.97. The van der Waals surface area contributed by atoms with Crippen molar-refractivity contribution in [3.05, 3.63) is 23.5 Å². The molecule has 0 fully saturated rings. The Labute approximate surface area is 53.0 Å². The summed E-state index contributed by atoms with van der Waals surface area (Å²) in [5.74, 6) is 0. The molecule has 0 aliphatic heterocycles. The Morgan fingerprint density at radius 2 is 2.44 bits per heavy atom. The standard InChI is InChI=1S/C6H8N2O/c1-5-2-3-6(8-5)4-7-9/h2-4,8-9H,1H3/b7-4+. The summed E-state index contributed by atoms with van der Waals surface area (Å²) in [6.07, 6.45) is 1.35. The minimum Gasteiger partial charge on any atom is -0.411 e. The number of nitrogens with zero attached hydrogens (tertiary/aromatic N) is 1. The first-order valence-electron chi connectivity index (χ1n) is 2.66. The van der Waals surface area contributed by atoms with Gasteiger partial charge in [-0.25, -0.2) is 0 Å². The molecule has 0 bridgehead atoms. The van der Waals surface area contributed by atoms with Crippen molar-refractivity contribution in [2.24, 2.45) is 5.16 Å². The van der Waals surface area contributed by atoms with E-state index < -0.39 is 0 Å². The maximum atomic E-state index is 8.08. The second-order valence-electron chi connectivity index (χ2n) is 1.84. The quantitative estimate of drug-likeness (QED) is 0.329. The normalized spacial score (nSPS) is 10.8. The lowest BCUT2D eigenvalue weighted by atomic mass is 10.4. The average Bonchev–Trinajstić information content (AvgIpc) is 2.17. The van der Waals surface area contributed by atoms with E-state index in [-0.39, 0.29) is 0 Å². The molecule has 2 N–H and O–H groups in total. The molecule has 0 radical (unpaired) electrons. The molecule has 0 aliphatic carbocycles. The molecule has 0 spiro atoms. The zero-order valence-corrected chi connectivity index (χ0v) is 5.13. The number of hydrogen-bond acceptors (Lipinski definition) is 2. The Bertz CT molecular complexity index is 215. The van der Waals surface area contributed by atoms with Gasteiger partial charge in [-0.05, 0) is 19.1 Å². The summed E-state index contributed by atoms with van der Waals surface area (Å²) in [5.41, 5.74) is 1.87. The van der Waals surface area contributed by atoms with Crippen molar-refractivity contribution < 1.29 is 5.21 Å². The molecular formula is C6H8N2O. The highest BCUT2D eigenvalue weighted by atomic mass is 16.4. The molecule has 0 saturated heterocycles. The Morgan fingerprint density at radius 3 is 2.89 bits per heavy atom. The molecule has 3 heteroatoms. The molecule has 0 unspecified atom stereocenters. The molecule has 0 atom stereocenters. The fourth-order valence-corrected chi connectivity index (χ4v) is 0.663. The highest BCUT2D eigenvalue weighted by Crippen LogP contribution is 1.95. The van der Waals surface area contributed by atoms with Crippen LogP contribution < -0.4 is 0 Å². The van der Waals surface area contributed by atoms with Crippen molar-refractivity contribution in [1.82, 2.24) is 4.98 Å². The van der Waals surface area contributed by atoms with Gasteiger partial charge in [-0.3, -0.25) is 0 Å². The van der Waals surface area contributed by atoms with Crippen LogP contribution in [0.4, 0.5) is 0 Å². The number of aryl methyl sites for hydroxylation is 1. The van der Waals surface area contributed by atoms with Crippen molar-refractivity contribution in [2.75, 3.05) is 0 Å². The van der Waals surface area contributed by atoms with Gasteiger partial charge < -0.3 is 10.2 Å². The third kappa shape index (κ3) is 1.32. The van der Waals surface area contributed by atoms with Crippen molar-refractivity contribution in [2.45, 2.75) is 6.92 Å². The van der Waals surface area contributed by atoms with Gasteiger partial charge in [0.15, 0.2) is 0 Å². The summed E-state index contributed by atoms with van der Waals surface area (Å²) in [6, 6.07) is 3.76. The van der Waals surface area contributed by atoms with Crippen LogP contribution in [-0.4, -0.2) is 16.4 Å². The van der Waals surface area contributed by atoms with Crippen LogP contribution in [0.5, 0.6) is 0 Å². The van der Waals surface area contributed by atoms with Gasteiger partial charge in [0.1, 0.15) is 0 Å². The van der Waals surface area contributed by atoms with E-state index in [1.165, 1.54) is 6.21 Å². The van der Waals surface area contributed by atoms with Crippen LogP contribution in [0.25, 0.3) is 0 Å². The van der Waals surface area contributed by atoms with Crippen molar-refractivity contribution in [1.29, 1.82) is 0 Å². The van der Waals surface area contributed by atoms with Gasteiger partial charge in [-0.15, -0.1) is 0 Å².